The average Bonchev–Trinajstić information content (AvgIpc) is 2.46. The number of nitrogens with zero attached hydrogens (tertiary/aromatic N) is 2. The summed E-state index contributed by atoms with van der Waals surface area (Å²) >= 11 is 0. The van der Waals surface area contributed by atoms with Crippen LogP contribution >= 0.6 is 0 Å². The van der Waals surface area contributed by atoms with Gasteiger partial charge in [0, 0.05) is 24.2 Å². The molecule has 0 aromatic carbocycles. The number of aromatic nitrogens is 2. The number of hydrogen-bond acceptors (Lipinski definition) is 5. The molecule has 0 aliphatic heterocycles. The summed E-state index contributed by atoms with van der Waals surface area (Å²) in [4.78, 5) is 19.5. The number of carbonyl (C=O) groups is 1. The van der Waals surface area contributed by atoms with Gasteiger partial charge in [-0.1, -0.05) is 0 Å². The molecule has 0 amide bonds. The molecule has 0 saturated carbocycles. The van der Waals surface area contributed by atoms with E-state index in [-0.39, 0.29) is 5.84 Å². The summed E-state index contributed by atoms with van der Waals surface area (Å²) in [6, 6.07) is 5.11. The summed E-state index contributed by atoms with van der Waals surface area (Å²) in [5, 5.41) is 7.53. The van der Waals surface area contributed by atoms with Crippen molar-refractivity contribution in [3.63, 3.8) is 0 Å². The van der Waals surface area contributed by atoms with Crippen molar-refractivity contribution < 1.29 is 9.53 Å². The Morgan fingerprint density at radius 2 is 2.05 bits per heavy atom. The number of ether oxygens (including phenoxy) is 1. The summed E-state index contributed by atoms with van der Waals surface area (Å²) in [7, 11) is 1.30. The monoisotopic (exact) mass is 256 g/mol. The summed E-state index contributed by atoms with van der Waals surface area (Å²) in [6.45, 7) is 0. The molecular weight excluding hydrogens is 244 g/mol. The van der Waals surface area contributed by atoms with E-state index in [4.69, 9.17) is 11.1 Å². The van der Waals surface area contributed by atoms with Crippen LogP contribution in [0.3, 0.4) is 0 Å². The first kappa shape index (κ1) is 12.7. The first-order valence-electron chi connectivity index (χ1n) is 5.46. The van der Waals surface area contributed by atoms with Crippen LogP contribution in [0.1, 0.15) is 16.1 Å². The summed E-state index contributed by atoms with van der Waals surface area (Å²) in [5.41, 5.74) is 7.49. The van der Waals surface area contributed by atoms with Crippen LogP contribution in [0.15, 0.2) is 36.8 Å². The summed E-state index contributed by atoms with van der Waals surface area (Å²) < 4.78 is 4.65. The van der Waals surface area contributed by atoms with Crippen molar-refractivity contribution in [3.8, 4) is 11.1 Å². The van der Waals surface area contributed by atoms with Gasteiger partial charge in [-0.3, -0.25) is 15.4 Å². The summed E-state index contributed by atoms with van der Waals surface area (Å²) in [6.07, 6.45) is 4.57. The van der Waals surface area contributed by atoms with Gasteiger partial charge in [0.1, 0.15) is 11.5 Å². The van der Waals surface area contributed by atoms with Gasteiger partial charge < -0.3 is 10.5 Å². The summed E-state index contributed by atoms with van der Waals surface area (Å²) in [5.74, 6) is -0.652. The SMILES string of the molecule is COC(=O)c1cnc(C(=N)N)c(-c2ccncc2)c1. The Hall–Kier alpha value is -2.76. The van der Waals surface area contributed by atoms with E-state index in [0.29, 0.717) is 16.8 Å². The average molecular weight is 256 g/mol. The van der Waals surface area contributed by atoms with Crippen molar-refractivity contribution in [2.45, 2.75) is 0 Å². The highest BCUT2D eigenvalue weighted by molar-refractivity contribution is 6.01. The van der Waals surface area contributed by atoms with Crippen LogP contribution in [0, 0.1) is 5.41 Å². The maximum absolute atomic E-state index is 11.5. The normalized spacial score (nSPS) is 9.95. The number of nitrogen functional groups attached to an aromatic ring is 1. The number of rotatable bonds is 3. The molecule has 0 spiro atoms. The predicted molar refractivity (Wildman–Crippen MR) is 69.8 cm³/mol. The lowest BCUT2D eigenvalue weighted by Gasteiger charge is -2.09. The van der Waals surface area contributed by atoms with Gasteiger partial charge in [-0.25, -0.2) is 4.79 Å². The minimum absolute atomic E-state index is 0.164. The molecule has 2 rings (SSSR count). The zero-order valence-electron chi connectivity index (χ0n) is 10.3. The van der Waals surface area contributed by atoms with Gasteiger partial charge in [0.25, 0.3) is 0 Å². The van der Waals surface area contributed by atoms with Crippen LogP contribution in [-0.4, -0.2) is 28.9 Å². The second kappa shape index (κ2) is 5.26. The van der Waals surface area contributed by atoms with Gasteiger partial charge in [0.15, 0.2) is 0 Å². The number of amidine groups is 1. The molecule has 6 nitrogen and oxygen atoms in total. The fourth-order valence-electron chi connectivity index (χ4n) is 1.66. The van der Waals surface area contributed by atoms with E-state index in [1.807, 2.05) is 0 Å². The number of pyridine rings is 2. The Kier molecular flexibility index (Phi) is 3.51. The highest BCUT2D eigenvalue weighted by Gasteiger charge is 2.14. The third kappa shape index (κ3) is 2.57. The van der Waals surface area contributed by atoms with Crippen molar-refractivity contribution in [2.75, 3.05) is 7.11 Å². The third-order valence-corrected chi connectivity index (χ3v) is 2.56. The number of hydrogen-bond donors (Lipinski definition) is 2. The highest BCUT2D eigenvalue weighted by atomic mass is 16.5. The Morgan fingerprint density at radius 3 is 2.63 bits per heavy atom. The van der Waals surface area contributed by atoms with Crippen molar-refractivity contribution in [3.05, 3.63) is 48.0 Å². The number of carbonyl (C=O) groups excluding carboxylic acids is 1. The van der Waals surface area contributed by atoms with Gasteiger partial charge in [-0.15, -0.1) is 0 Å². The van der Waals surface area contributed by atoms with Crippen LogP contribution in [0.5, 0.6) is 0 Å². The van der Waals surface area contributed by atoms with Crippen LogP contribution in [0.4, 0.5) is 0 Å². The largest absolute Gasteiger partial charge is 0.465 e. The molecule has 0 fully saturated rings. The van der Waals surface area contributed by atoms with Gasteiger partial charge in [-0.05, 0) is 23.8 Å². The molecule has 0 atom stereocenters. The number of nitrogens with one attached hydrogen (secondary N) is 1. The van der Waals surface area contributed by atoms with E-state index in [1.54, 1.807) is 30.6 Å². The van der Waals surface area contributed by atoms with Gasteiger partial charge >= 0.3 is 5.97 Å². The van der Waals surface area contributed by atoms with Crippen molar-refractivity contribution in [1.29, 1.82) is 5.41 Å². The molecule has 19 heavy (non-hydrogen) atoms. The highest BCUT2D eigenvalue weighted by Crippen LogP contribution is 2.23. The van der Waals surface area contributed by atoms with Crippen LogP contribution in [0.25, 0.3) is 11.1 Å². The molecule has 0 unspecified atom stereocenters. The van der Waals surface area contributed by atoms with E-state index in [0.717, 1.165) is 5.56 Å². The third-order valence-electron chi connectivity index (χ3n) is 2.56. The van der Waals surface area contributed by atoms with Gasteiger partial charge in [0.2, 0.25) is 0 Å². The molecule has 2 heterocycles. The second-order valence-electron chi connectivity index (χ2n) is 3.76. The maximum Gasteiger partial charge on any atom is 0.339 e. The Morgan fingerprint density at radius 1 is 1.37 bits per heavy atom. The molecule has 3 N–H and O–H groups in total. The van der Waals surface area contributed by atoms with Gasteiger partial charge in [0.05, 0.1) is 12.7 Å². The van der Waals surface area contributed by atoms with Crippen LogP contribution < -0.4 is 5.73 Å². The standard InChI is InChI=1S/C13H12N4O2/c1-19-13(18)9-6-10(8-2-4-16-5-3-8)11(12(14)15)17-7-9/h2-7H,1H3,(H3,14,15). The fraction of sp³-hybridized carbons (Fsp3) is 0.0769. The molecule has 0 radical (unpaired) electrons. The predicted octanol–water partition coefficient (Wildman–Crippen LogP) is 1.21. The molecule has 0 aliphatic rings. The molecule has 2 aromatic heterocycles. The number of esters is 1. The maximum atomic E-state index is 11.5. The first-order valence-corrected chi connectivity index (χ1v) is 5.46. The molecule has 0 aliphatic carbocycles. The van der Waals surface area contributed by atoms with E-state index < -0.39 is 5.97 Å². The van der Waals surface area contributed by atoms with E-state index >= 15 is 0 Å². The molecule has 0 bridgehead atoms. The lowest BCUT2D eigenvalue weighted by Crippen LogP contribution is -2.16. The van der Waals surface area contributed by atoms with E-state index in [2.05, 4.69) is 14.7 Å². The Balaban J connectivity index is 2.61. The minimum Gasteiger partial charge on any atom is -0.465 e. The zero-order valence-corrected chi connectivity index (χ0v) is 10.3. The first-order chi connectivity index (χ1) is 9.13. The quantitative estimate of drug-likeness (QED) is 0.488. The van der Waals surface area contributed by atoms with Crippen molar-refractivity contribution in [2.24, 2.45) is 5.73 Å². The molecule has 2 aromatic rings. The molecule has 0 saturated heterocycles. The van der Waals surface area contributed by atoms with E-state index in [9.17, 15) is 4.79 Å². The zero-order chi connectivity index (χ0) is 13.8. The molecular formula is C13H12N4O2. The topological polar surface area (TPSA) is 102 Å². The smallest absolute Gasteiger partial charge is 0.339 e. The van der Waals surface area contributed by atoms with Crippen LogP contribution in [-0.2, 0) is 4.74 Å². The Labute approximate surface area is 109 Å². The molecule has 6 heteroatoms. The van der Waals surface area contributed by atoms with Crippen LogP contribution in [0.2, 0.25) is 0 Å². The minimum atomic E-state index is -0.488. The Bertz CT molecular complexity index is 626. The fourth-order valence-corrected chi connectivity index (χ4v) is 1.66. The van der Waals surface area contributed by atoms with E-state index in [1.165, 1.54) is 13.3 Å². The number of nitrogens with two attached hydrogens (primary N) is 1. The lowest BCUT2D eigenvalue weighted by molar-refractivity contribution is 0.0600. The lowest BCUT2D eigenvalue weighted by atomic mass is 10.0. The van der Waals surface area contributed by atoms with Crippen molar-refractivity contribution in [1.82, 2.24) is 9.97 Å². The molecule has 96 valence electrons. The van der Waals surface area contributed by atoms with Gasteiger partial charge in [-0.2, -0.15) is 0 Å². The second-order valence-corrected chi connectivity index (χ2v) is 3.76. The number of methoxy groups -OCH3 is 1. The van der Waals surface area contributed by atoms with Crippen molar-refractivity contribution >= 4 is 11.8 Å².